The van der Waals surface area contributed by atoms with E-state index < -0.39 is 18.2 Å². The molecule has 3 unspecified atom stereocenters. The van der Waals surface area contributed by atoms with Gasteiger partial charge >= 0.3 is 0 Å². The molecule has 0 aliphatic carbocycles. The predicted molar refractivity (Wildman–Crippen MR) is 250 cm³/mol. The summed E-state index contributed by atoms with van der Waals surface area (Å²) >= 11 is 0. The first-order valence-corrected chi connectivity index (χ1v) is 26.0. The minimum Gasteiger partial charge on any atom is -0.394 e. The molecule has 0 aromatic rings. The summed E-state index contributed by atoms with van der Waals surface area (Å²) in [6.45, 7) is 4.21. The van der Waals surface area contributed by atoms with Crippen LogP contribution in [0.2, 0.25) is 0 Å². The van der Waals surface area contributed by atoms with E-state index in [2.05, 4.69) is 31.3 Å². The molecule has 0 spiro atoms. The van der Waals surface area contributed by atoms with Crippen LogP contribution in [0.4, 0.5) is 0 Å². The fraction of sp³-hybridized carbons (Fsp3) is 0.942. The van der Waals surface area contributed by atoms with Crippen LogP contribution < -0.4 is 5.32 Å². The van der Waals surface area contributed by atoms with E-state index in [1.54, 1.807) is 0 Å². The number of hydrogen-bond donors (Lipinski definition) is 4. The second-order valence-electron chi connectivity index (χ2n) is 18.1. The lowest BCUT2D eigenvalue weighted by atomic mass is 9.99. The minimum atomic E-state index is -1.14. The van der Waals surface area contributed by atoms with Gasteiger partial charge in [0.1, 0.15) is 6.10 Å². The third kappa shape index (κ3) is 43.0. The normalized spacial score (nSPS) is 13.4. The van der Waals surface area contributed by atoms with Crippen molar-refractivity contribution in [3.63, 3.8) is 0 Å². The number of aliphatic hydroxyl groups excluding tert-OH is 3. The second-order valence-corrected chi connectivity index (χ2v) is 18.1. The molecule has 0 aliphatic heterocycles. The summed E-state index contributed by atoms with van der Waals surface area (Å²) in [4.78, 5) is 12.5. The molecular formula is C52H103NO4. The molecule has 57 heavy (non-hydrogen) atoms. The zero-order chi connectivity index (χ0) is 41.5. The zero-order valence-electron chi connectivity index (χ0n) is 38.7. The van der Waals surface area contributed by atoms with Crippen LogP contribution in [0, 0.1) is 0 Å². The van der Waals surface area contributed by atoms with E-state index in [1.165, 1.54) is 231 Å². The Hall–Kier alpha value is -0.910. The maximum atomic E-state index is 12.5. The van der Waals surface area contributed by atoms with Crippen molar-refractivity contribution in [2.75, 3.05) is 6.61 Å². The van der Waals surface area contributed by atoms with Gasteiger partial charge in [0.05, 0.1) is 18.8 Å². The Kier molecular flexibility index (Phi) is 47.0. The van der Waals surface area contributed by atoms with Crippen molar-refractivity contribution in [3.8, 4) is 0 Å². The van der Waals surface area contributed by atoms with Crippen molar-refractivity contribution in [2.45, 2.75) is 308 Å². The van der Waals surface area contributed by atoms with E-state index >= 15 is 0 Å². The highest BCUT2D eigenvalue weighted by molar-refractivity contribution is 5.76. The van der Waals surface area contributed by atoms with Crippen LogP contribution >= 0.6 is 0 Å². The molecule has 0 aromatic heterocycles. The van der Waals surface area contributed by atoms with Crippen molar-refractivity contribution in [1.82, 2.24) is 5.32 Å². The molecule has 3 atom stereocenters. The summed E-state index contributed by atoms with van der Waals surface area (Å²) in [6, 6.07) is -0.809. The van der Waals surface area contributed by atoms with Crippen LogP contribution in [0.3, 0.4) is 0 Å². The van der Waals surface area contributed by atoms with Gasteiger partial charge in [0.2, 0.25) is 5.91 Å². The minimum absolute atomic E-state index is 0.144. The monoisotopic (exact) mass is 806 g/mol. The van der Waals surface area contributed by atoms with Crippen molar-refractivity contribution in [3.05, 3.63) is 12.2 Å². The summed E-state index contributed by atoms with van der Waals surface area (Å²) in [7, 11) is 0. The van der Waals surface area contributed by atoms with E-state index in [0.717, 1.165) is 32.1 Å². The topological polar surface area (TPSA) is 89.8 Å². The van der Waals surface area contributed by atoms with E-state index in [0.29, 0.717) is 12.8 Å². The smallest absolute Gasteiger partial charge is 0.220 e. The highest BCUT2D eigenvalue weighted by Crippen LogP contribution is 2.17. The number of aliphatic hydroxyl groups is 3. The van der Waals surface area contributed by atoms with Crippen LogP contribution in [0.25, 0.3) is 0 Å². The maximum Gasteiger partial charge on any atom is 0.220 e. The highest BCUT2D eigenvalue weighted by atomic mass is 16.3. The number of amides is 1. The number of hydrogen-bond acceptors (Lipinski definition) is 4. The van der Waals surface area contributed by atoms with E-state index in [9.17, 15) is 20.1 Å². The van der Waals surface area contributed by atoms with Gasteiger partial charge in [0.25, 0.3) is 0 Å². The predicted octanol–water partition coefficient (Wildman–Crippen LogP) is 15.6. The molecule has 1 amide bonds. The molecule has 0 fully saturated rings. The molecule has 0 aromatic carbocycles. The number of allylic oxidation sites excluding steroid dienone is 2. The lowest BCUT2D eigenvalue weighted by Gasteiger charge is -2.26. The van der Waals surface area contributed by atoms with Crippen LogP contribution in [-0.2, 0) is 4.79 Å². The van der Waals surface area contributed by atoms with Gasteiger partial charge in [0.15, 0.2) is 0 Å². The first kappa shape index (κ1) is 56.1. The largest absolute Gasteiger partial charge is 0.394 e. The summed E-state index contributed by atoms with van der Waals surface area (Å²) in [6.07, 6.45) is 57.7. The van der Waals surface area contributed by atoms with Gasteiger partial charge < -0.3 is 20.6 Å². The average Bonchev–Trinajstić information content (AvgIpc) is 3.22. The van der Waals surface area contributed by atoms with Gasteiger partial charge in [-0.3, -0.25) is 4.79 Å². The fourth-order valence-electron chi connectivity index (χ4n) is 8.34. The number of nitrogens with one attached hydrogen (secondary N) is 1. The van der Waals surface area contributed by atoms with E-state index in [-0.39, 0.29) is 12.5 Å². The molecule has 0 saturated heterocycles. The van der Waals surface area contributed by atoms with E-state index in [1.807, 2.05) is 0 Å². The number of carbonyl (C=O) groups is 1. The lowest BCUT2D eigenvalue weighted by molar-refractivity contribution is -0.124. The second kappa shape index (κ2) is 47.8. The van der Waals surface area contributed by atoms with Gasteiger partial charge in [-0.15, -0.1) is 0 Å². The Morgan fingerprint density at radius 3 is 1.02 bits per heavy atom. The third-order valence-electron chi connectivity index (χ3n) is 12.4. The van der Waals surface area contributed by atoms with Crippen molar-refractivity contribution >= 4 is 5.91 Å². The molecule has 340 valence electrons. The Bertz CT molecular complexity index is 803. The fourth-order valence-corrected chi connectivity index (χ4v) is 8.34. The Labute approximate surface area is 357 Å². The molecule has 4 N–H and O–H groups in total. The summed E-state index contributed by atoms with van der Waals surface area (Å²) in [5.74, 6) is -0.144. The molecule has 0 bridgehead atoms. The Morgan fingerprint density at radius 2 is 0.702 bits per heavy atom. The van der Waals surface area contributed by atoms with Crippen molar-refractivity contribution in [2.24, 2.45) is 0 Å². The summed E-state index contributed by atoms with van der Waals surface area (Å²) < 4.78 is 0. The zero-order valence-corrected chi connectivity index (χ0v) is 38.7. The molecule has 0 aliphatic rings. The number of unbranched alkanes of at least 4 members (excludes halogenated alkanes) is 38. The van der Waals surface area contributed by atoms with Crippen LogP contribution in [0.15, 0.2) is 12.2 Å². The first-order valence-electron chi connectivity index (χ1n) is 26.0. The van der Waals surface area contributed by atoms with E-state index in [4.69, 9.17) is 0 Å². The average molecular weight is 806 g/mol. The number of rotatable bonds is 48. The lowest BCUT2D eigenvalue weighted by Crippen LogP contribution is -2.50. The van der Waals surface area contributed by atoms with Gasteiger partial charge in [0, 0.05) is 6.42 Å². The Balaban J connectivity index is 3.56. The third-order valence-corrected chi connectivity index (χ3v) is 12.4. The molecule has 0 saturated carbocycles. The molecule has 0 rings (SSSR count). The SMILES string of the molecule is CCCCCCCCCCCCCC/C=C\CCCCCCCCCC(=O)NC(CO)C(O)C(O)CCCCCCCCCCCCCCCCCCCCCC. The van der Waals surface area contributed by atoms with Gasteiger partial charge in [-0.2, -0.15) is 0 Å². The van der Waals surface area contributed by atoms with Crippen molar-refractivity contribution < 1.29 is 20.1 Å². The highest BCUT2D eigenvalue weighted by Gasteiger charge is 2.26. The molecule has 5 heteroatoms. The summed E-state index contributed by atoms with van der Waals surface area (Å²) in [5.41, 5.74) is 0. The van der Waals surface area contributed by atoms with Crippen molar-refractivity contribution in [1.29, 1.82) is 0 Å². The first-order chi connectivity index (χ1) is 28.1. The van der Waals surface area contributed by atoms with Crippen LogP contribution in [0.5, 0.6) is 0 Å². The molecule has 0 radical (unpaired) electrons. The van der Waals surface area contributed by atoms with Gasteiger partial charge in [-0.05, 0) is 38.5 Å². The van der Waals surface area contributed by atoms with Crippen LogP contribution in [-0.4, -0.2) is 46.1 Å². The summed E-state index contributed by atoms with van der Waals surface area (Å²) in [5, 5.41) is 33.7. The Morgan fingerprint density at radius 1 is 0.421 bits per heavy atom. The maximum absolute atomic E-state index is 12.5. The standard InChI is InChI=1S/C52H103NO4/c1-3-5-7-9-11-13-15-17-19-21-23-25-26-27-29-31-33-35-37-39-41-43-45-47-51(56)53-49(48-54)52(57)50(55)46-44-42-40-38-36-34-32-30-28-24-22-20-18-16-14-12-10-8-6-4-2/h27,29,49-50,52,54-55,57H,3-26,28,30-48H2,1-2H3,(H,53,56)/b29-27-. The van der Waals surface area contributed by atoms with Crippen LogP contribution in [0.1, 0.15) is 290 Å². The molecular weight excluding hydrogens is 703 g/mol. The molecule has 0 heterocycles. The van der Waals surface area contributed by atoms with Gasteiger partial charge in [-0.25, -0.2) is 0 Å². The quantitative estimate of drug-likeness (QED) is 0.0364. The molecule has 5 nitrogen and oxygen atoms in total. The number of carbonyl (C=O) groups excluding carboxylic acids is 1. The van der Waals surface area contributed by atoms with Gasteiger partial charge in [-0.1, -0.05) is 257 Å².